The molecular weight excluding hydrogens is 321 g/mol. The van der Waals surface area contributed by atoms with Crippen molar-refractivity contribution in [2.45, 2.75) is 38.9 Å². The van der Waals surface area contributed by atoms with Gasteiger partial charge in [0.2, 0.25) is 5.88 Å². The Labute approximate surface area is 139 Å². The second kappa shape index (κ2) is 8.75. The van der Waals surface area contributed by atoms with Crippen molar-refractivity contribution in [3.8, 4) is 5.88 Å². The van der Waals surface area contributed by atoms with Gasteiger partial charge in [-0.3, -0.25) is 0 Å². The summed E-state index contributed by atoms with van der Waals surface area (Å²) in [7, 11) is 0. The molecule has 1 aromatic heterocycles. The summed E-state index contributed by atoms with van der Waals surface area (Å²) in [5.41, 5.74) is 0.892. The quantitative estimate of drug-likeness (QED) is 0.562. The van der Waals surface area contributed by atoms with Gasteiger partial charge in [-0.2, -0.15) is 13.2 Å². The van der Waals surface area contributed by atoms with Crippen molar-refractivity contribution >= 4 is 5.96 Å². The molecule has 0 atom stereocenters. The number of aromatic nitrogens is 1. The van der Waals surface area contributed by atoms with Crippen LogP contribution in [0.25, 0.3) is 0 Å². The van der Waals surface area contributed by atoms with Gasteiger partial charge in [-0.1, -0.05) is 0 Å². The highest BCUT2D eigenvalue weighted by Gasteiger charge is 2.26. The lowest BCUT2D eigenvalue weighted by molar-refractivity contribution is -0.132. The number of guanidine groups is 1. The van der Waals surface area contributed by atoms with Crippen LogP contribution in [0.5, 0.6) is 5.88 Å². The van der Waals surface area contributed by atoms with Crippen LogP contribution in [0.15, 0.2) is 23.3 Å². The van der Waals surface area contributed by atoms with Gasteiger partial charge >= 0.3 is 6.18 Å². The third-order valence-corrected chi connectivity index (χ3v) is 3.43. The molecule has 0 aliphatic heterocycles. The molecule has 1 aliphatic carbocycles. The molecule has 2 rings (SSSR count). The van der Waals surface area contributed by atoms with Crippen LogP contribution >= 0.6 is 0 Å². The summed E-state index contributed by atoms with van der Waals surface area (Å²) >= 11 is 0. The summed E-state index contributed by atoms with van der Waals surface area (Å²) in [4.78, 5) is 8.45. The lowest BCUT2D eigenvalue weighted by Gasteiger charge is -2.12. The molecule has 1 aliphatic rings. The lowest BCUT2D eigenvalue weighted by atomic mass is 10.3. The van der Waals surface area contributed by atoms with Gasteiger partial charge in [0, 0.05) is 25.4 Å². The molecule has 1 aromatic rings. The summed E-state index contributed by atoms with van der Waals surface area (Å²) in [6, 6.07) is 3.62. The summed E-state index contributed by atoms with van der Waals surface area (Å²) in [5.74, 6) is 1.57. The van der Waals surface area contributed by atoms with Crippen molar-refractivity contribution in [3.05, 3.63) is 23.9 Å². The molecule has 5 nitrogen and oxygen atoms in total. The Hall–Kier alpha value is -1.99. The Morgan fingerprint density at radius 3 is 2.83 bits per heavy atom. The number of hydrogen-bond donors (Lipinski definition) is 2. The molecule has 0 radical (unpaired) electrons. The molecule has 0 amide bonds. The van der Waals surface area contributed by atoms with E-state index in [1.807, 2.05) is 19.1 Å². The number of alkyl halides is 3. The van der Waals surface area contributed by atoms with Crippen molar-refractivity contribution < 1.29 is 17.9 Å². The van der Waals surface area contributed by atoms with Gasteiger partial charge in [0.15, 0.2) is 5.96 Å². The first-order valence-corrected chi connectivity index (χ1v) is 8.13. The molecule has 0 unspecified atom stereocenters. The van der Waals surface area contributed by atoms with Crippen LogP contribution < -0.4 is 15.4 Å². The maximum Gasteiger partial charge on any atom is 0.390 e. The summed E-state index contributed by atoms with van der Waals surface area (Å²) < 4.78 is 42.2. The second-order valence-corrected chi connectivity index (χ2v) is 5.74. The van der Waals surface area contributed by atoms with Crippen molar-refractivity contribution in [3.63, 3.8) is 0 Å². The van der Waals surface area contributed by atoms with Crippen LogP contribution in [0, 0.1) is 5.92 Å². The largest absolute Gasteiger partial charge is 0.477 e. The molecule has 0 aromatic carbocycles. The van der Waals surface area contributed by atoms with E-state index in [0.29, 0.717) is 37.5 Å². The van der Waals surface area contributed by atoms with Crippen LogP contribution in [-0.4, -0.2) is 36.8 Å². The lowest BCUT2D eigenvalue weighted by Crippen LogP contribution is -2.38. The highest BCUT2D eigenvalue weighted by atomic mass is 19.4. The molecule has 1 heterocycles. The van der Waals surface area contributed by atoms with Crippen LogP contribution in [0.4, 0.5) is 13.2 Å². The van der Waals surface area contributed by atoms with Crippen LogP contribution in [0.1, 0.15) is 31.7 Å². The summed E-state index contributed by atoms with van der Waals surface area (Å²) in [6.45, 7) is 3.24. The predicted molar refractivity (Wildman–Crippen MR) is 85.9 cm³/mol. The maximum absolute atomic E-state index is 12.2. The van der Waals surface area contributed by atoms with E-state index in [2.05, 4.69) is 20.6 Å². The van der Waals surface area contributed by atoms with E-state index >= 15 is 0 Å². The van der Waals surface area contributed by atoms with Gasteiger partial charge in [0.05, 0.1) is 19.6 Å². The summed E-state index contributed by atoms with van der Waals surface area (Å²) in [5, 5.41) is 5.61. The van der Waals surface area contributed by atoms with Gasteiger partial charge in [0.25, 0.3) is 0 Å². The highest BCUT2D eigenvalue weighted by molar-refractivity contribution is 5.79. The fourth-order valence-electron chi connectivity index (χ4n) is 1.95. The first-order valence-electron chi connectivity index (χ1n) is 8.13. The Balaban J connectivity index is 1.85. The molecule has 0 bridgehead atoms. The first-order chi connectivity index (χ1) is 11.5. The first kappa shape index (κ1) is 18.4. The Bertz CT molecular complexity index is 544. The summed E-state index contributed by atoms with van der Waals surface area (Å²) in [6.07, 6.45) is -1.01. The van der Waals surface area contributed by atoms with E-state index in [-0.39, 0.29) is 6.54 Å². The number of nitrogens with zero attached hydrogens (tertiary/aromatic N) is 2. The van der Waals surface area contributed by atoms with Gasteiger partial charge in [-0.15, -0.1) is 0 Å². The number of aliphatic imine (C=N–C) groups is 1. The van der Waals surface area contributed by atoms with Gasteiger partial charge in [-0.05, 0) is 37.3 Å². The number of hydrogen-bond acceptors (Lipinski definition) is 3. The molecule has 1 fully saturated rings. The fraction of sp³-hybridized carbons (Fsp3) is 0.625. The van der Waals surface area contributed by atoms with Gasteiger partial charge in [0.1, 0.15) is 0 Å². The molecule has 0 saturated heterocycles. The maximum atomic E-state index is 12.2. The molecule has 24 heavy (non-hydrogen) atoms. The third kappa shape index (κ3) is 7.52. The third-order valence-electron chi connectivity index (χ3n) is 3.43. The fourth-order valence-corrected chi connectivity index (χ4v) is 1.95. The van der Waals surface area contributed by atoms with E-state index in [1.54, 1.807) is 6.20 Å². The minimum Gasteiger partial charge on any atom is -0.477 e. The van der Waals surface area contributed by atoms with E-state index < -0.39 is 12.6 Å². The zero-order valence-corrected chi connectivity index (χ0v) is 13.7. The molecule has 8 heteroatoms. The zero-order valence-electron chi connectivity index (χ0n) is 13.7. The molecule has 134 valence electrons. The number of rotatable bonds is 8. The highest BCUT2D eigenvalue weighted by Crippen LogP contribution is 2.29. The van der Waals surface area contributed by atoms with Crippen molar-refractivity contribution in [1.82, 2.24) is 15.6 Å². The Kier molecular flexibility index (Phi) is 6.69. The van der Waals surface area contributed by atoms with E-state index in [1.165, 1.54) is 12.8 Å². The van der Waals surface area contributed by atoms with E-state index in [9.17, 15) is 13.2 Å². The Morgan fingerprint density at radius 1 is 1.38 bits per heavy atom. The van der Waals surface area contributed by atoms with Crippen molar-refractivity contribution in [2.24, 2.45) is 10.9 Å². The average Bonchev–Trinajstić information content (AvgIpc) is 3.34. The number of ether oxygens (including phenoxy) is 1. The topological polar surface area (TPSA) is 58.5 Å². The smallest absolute Gasteiger partial charge is 0.390 e. The monoisotopic (exact) mass is 344 g/mol. The second-order valence-electron chi connectivity index (χ2n) is 5.74. The van der Waals surface area contributed by atoms with Crippen LogP contribution in [-0.2, 0) is 6.54 Å². The van der Waals surface area contributed by atoms with Crippen molar-refractivity contribution in [2.75, 3.05) is 19.7 Å². The normalized spacial score (nSPS) is 15.2. The number of pyridine rings is 1. The minimum atomic E-state index is -4.18. The zero-order chi connectivity index (χ0) is 17.4. The molecule has 2 N–H and O–H groups in total. The predicted octanol–water partition coefficient (Wildman–Crippen LogP) is 2.88. The number of halogens is 3. The SMILES string of the molecule is CCNC(=NCc1ccnc(OCC2CC2)c1)NCCC(F)(F)F. The van der Waals surface area contributed by atoms with Crippen LogP contribution in [0.2, 0.25) is 0 Å². The molecule has 1 saturated carbocycles. The molecular formula is C16H23F3N4O. The van der Waals surface area contributed by atoms with Crippen LogP contribution in [0.3, 0.4) is 0 Å². The van der Waals surface area contributed by atoms with E-state index in [0.717, 1.165) is 5.56 Å². The van der Waals surface area contributed by atoms with Crippen molar-refractivity contribution in [1.29, 1.82) is 0 Å². The van der Waals surface area contributed by atoms with E-state index in [4.69, 9.17) is 4.74 Å². The Morgan fingerprint density at radius 2 is 2.17 bits per heavy atom. The number of nitrogens with one attached hydrogen (secondary N) is 2. The average molecular weight is 344 g/mol. The molecule has 0 spiro atoms. The van der Waals surface area contributed by atoms with Gasteiger partial charge < -0.3 is 15.4 Å². The van der Waals surface area contributed by atoms with Gasteiger partial charge in [-0.25, -0.2) is 9.98 Å². The minimum absolute atomic E-state index is 0.207. The standard InChI is InChI=1S/C16H23F3N4O/c1-2-20-15(22-8-6-16(17,18)19)23-10-13-5-7-21-14(9-13)24-11-12-3-4-12/h5,7,9,12H,2-4,6,8,10-11H2,1H3,(H2,20,22,23).